The first-order chi connectivity index (χ1) is 7.73. The molecule has 0 aromatic heterocycles. The number of nitrogens with one attached hydrogen (secondary N) is 1. The first kappa shape index (κ1) is 14.9. The number of rotatable bonds is 6. The second-order valence-electron chi connectivity index (χ2n) is 4.64. The van der Waals surface area contributed by atoms with E-state index in [1.807, 2.05) is 0 Å². The van der Waals surface area contributed by atoms with Gasteiger partial charge in [-0.15, -0.1) is 0 Å². The van der Waals surface area contributed by atoms with Crippen LogP contribution in [0, 0.1) is 11.8 Å². The summed E-state index contributed by atoms with van der Waals surface area (Å²) >= 11 is 0. The van der Waals surface area contributed by atoms with Crippen molar-refractivity contribution in [3.8, 4) is 0 Å². The molecule has 102 valence electrons. The molecule has 0 bridgehead atoms. The molecule has 0 aromatic carbocycles. The summed E-state index contributed by atoms with van der Waals surface area (Å²) in [6.45, 7) is 0.265. The normalized spacial score (nSPS) is 26.2. The number of hydrogen-bond donors (Lipinski definition) is 2. The maximum atomic E-state index is 11.4. The largest absolute Gasteiger partial charge is 0.396 e. The highest BCUT2D eigenvalue weighted by Crippen LogP contribution is 2.30. The predicted molar refractivity (Wildman–Crippen MR) is 64.6 cm³/mol. The molecule has 2 atom stereocenters. The summed E-state index contributed by atoms with van der Waals surface area (Å²) < 4.78 is 47.0. The van der Waals surface area contributed by atoms with E-state index < -0.39 is 24.9 Å². The molecule has 0 heterocycles. The van der Waals surface area contributed by atoms with Gasteiger partial charge in [0.1, 0.15) is 0 Å². The Kier molecular flexibility index (Phi) is 4.94. The van der Waals surface area contributed by atoms with Gasteiger partial charge in [-0.1, -0.05) is 6.42 Å². The zero-order valence-electron chi connectivity index (χ0n) is 9.79. The minimum Gasteiger partial charge on any atom is -0.396 e. The lowest BCUT2D eigenvalue weighted by Gasteiger charge is -2.17. The van der Waals surface area contributed by atoms with Crippen LogP contribution in [0.5, 0.6) is 0 Å². The van der Waals surface area contributed by atoms with Crippen LogP contribution in [0.25, 0.3) is 0 Å². The molecule has 1 aliphatic carbocycles. The fourth-order valence-corrected chi connectivity index (χ4v) is 5.24. The zero-order valence-corrected chi connectivity index (χ0v) is 11.4. The Hall–Kier alpha value is -0.180. The number of hydrogen-bond acceptors (Lipinski definition) is 5. The van der Waals surface area contributed by atoms with Crippen LogP contribution in [0.4, 0.5) is 0 Å². The molecular formula is C9H19NO5S2. The lowest BCUT2D eigenvalue weighted by Crippen LogP contribution is -2.35. The van der Waals surface area contributed by atoms with Crippen molar-refractivity contribution in [3.63, 3.8) is 0 Å². The summed E-state index contributed by atoms with van der Waals surface area (Å²) in [4.78, 5) is 0. The van der Waals surface area contributed by atoms with Gasteiger partial charge in [0.25, 0.3) is 0 Å². The van der Waals surface area contributed by atoms with Crippen LogP contribution < -0.4 is 4.72 Å². The quantitative estimate of drug-likeness (QED) is 0.673. The average Bonchev–Trinajstić information content (AvgIpc) is 2.58. The van der Waals surface area contributed by atoms with Crippen molar-refractivity contribution in [2.24, 2.45) is 11.8 Å². The Morgan fingerprint density at radius 3 is 2.29 bits per heavy atom. The van der Waals surface area contributed by atoms with Gasteiger partial charge >= 0.3 is 0 Å². The maximum Gasteiger partial charge on any atom is 0.226 e. The first-order valence-corrected chi connectivity index (χ1v) is 9.21. The standard InChI is InChI=1S/C9H19NO5S2/c1-16(12,13)7-17(14,15)10-5-8-3-2-4-9(8)6-11/h8-11H,2-7H2,1H3. The van der Waals surface area contributed by atoms with Gasteiger partial charge in [0.15, 0.2) is 14.9 Å². The van der Waals surface area contributed by atoms with E-state index in [1.54, 1.807) is 0 Å². The molecule has 0 radical (unpaired) electrons. The Morgan fingerprint density at radius 1 is 1.18 bits per heavy atom. The van der Waals surface area contributed by atoms with E-state index in [1.165, 1.54) is 0 Å². The van der Waals surface area contributed by atoms with Crippen LogP contribution in [0.1, 0.15) is 19.3 Å². The predicted octanol–water partition coefficient (Wildman–Crippen LogP) is -0.683. The highest BCUT2D eigenvalue weighted by atomic mass is 32.3. The van der Waals surface area contributed by atoms with Crippen molar-refractivity contribution < 1.29 is 21.9 Å². The van der Waals surface area contributed by atoms with Crippen molar-refractivity contribution in [1.82, 2.24) is 4.72 Å². The fourth-order valence-electron chi connectivity index (χ4n) is 2.18. The van der Waals surface area contributed by atoms with E-state index in [4.69, 9.17) is 5.11 Å². The minimum atomic E-state index is -3.78. The van der Waals surface area contributed by atoms with E-state index in [0.29, 0.717) is 0 Å². The lowest BCUT2D eigenvalue weighted by atomic mass is 9.97. The lowest BCUT2D eigenvalue weighted by molar-refractivity contribution is 0.195. The van der Waals surface area contributed by atoms with E-state index in [9.17, 15) is 16.8 Å². The first-order valence-electron chi connectivity index (χ1n) is 5.49. The number of aliphatic hydroxyl groups excluding tert-OH is 1. The van der Waals surface area contributed by atoms with Crippen molar-refractivity contribution in [1.29, 1.82) is 0 Å². The monoisotopic (exact) mass is 285 g/mol. The highest BCUT2D eigenvalue weighted by molar-refractivity contribution is 8.06. The summed E-state index contributed by atoms with van der Waals surface area (Å²) in [5, 5.41) is 8.20. The molecular weight excluding hydrogens is 266 g/mol. The molecule has 0 spiro atoms. The van der Waals surface area contributed by atoms with Crippen molar-refractivity contribution in [2.45, 2.75) is 19.3 Å². The third-order valence-corrected chi connectivity index (χ3v) is 6.55. The number of sulfonamides is 1. The van der Waals surface area contributed by atoms with Crippen molar-refractivity contribution in [2.75, 3.05) is 24.5 Å². The molecule has 2 unspecified atom stereocenters. The topological polar surface area (TPSA) is 101 Å². The molecule has 0 saturated heterocycles. The molecule has 1 aliphatic rings. The van der Waals surface area contributed by atoms with E-state index in [2.05, 4.69) is 4.72 Å². The summed E-state index contributed by atoms with van der Waals surface area (Å²) in [5.41, 5.74) is 0. The van der Waals surface area contributed by atoms with Crippen LogP contribution in [0.3, 0.4) is 0 Å². The Balaban J connectivity index is 2.50. The molecule has 0 amide bonds. The Morgan fingerprint density at radius 2 is 1.76 bits per heavy atom. The molecule has 0 aromatic rings. The van der Waals surface area contributed by atoms with Crippen molar-refractivity contribution >= 4 is 19.9 Å². The summed E-state index contributed by atoms with van der Waals surface area (Å²) in [6.07, 6.45) is 3.63. The molecule has 1 fully saturated rings. The van der Waals surface area contributed by atoms with Gasteiger partial charge in [0, 0.05) is 19.4 Å². The van der Waals surface area contributed by atoms with Gasteiger partial charge in [0.2, 0.25) is 10.0 Å². The van der Waals surface area contributed by atoms with Crippen LogP contribution in [-0.2, 0) is 19.9 Å². The van der Waals surface area contributed by atoms with E-state index in [0.717, 1.165) is 25.5 Å². The third kappa shape index (κ3) is 5.33. The summed E-state index contributed by atoms with van der Waals surface area (Å²) in [7, 11) is -7.32. The Labute approximate surface area is 102 Å². The molecule has 17 heavy (non-hydrogen) atoms. The van der Waals surface area contributed by atoms with Gasteiger partial charge in [-0.2, -0.15) is 0 Å². The molecule has 0 aliphatic heterocycles. The maximum absolute atomic E-state index is 11.4. The highest BCUT2D eigenvalue weighted by Gasteiger charge is 2.28. The SMILES string of the molecule is CS(=O)(=O)CS(=O)(=O)NCC1CCCC1CO. The van der Waals surface area contributed by atoms with Crippen LogP contribution in [0.2, 0.25) is 0 Å². The van der Waals surface area contributed by atoms with Gasteiger partial charge in [0.05, 0.1) is 0 Å². The molecule has 1 rings (SSSR count). The third-order valence-electron chi connectivity index (χ3n) is 2.99. The average molecular weight is 285 g/mol. The van der Waals surface area contributed by atoms with Gasteiger partial charge < -0.3 is 5.11 Å². The molecule has 8 heteroatoms. The smallest absolute Gasteiger partial charge is 0.226 e. The van der Waals surface area contributed by atoms with Crippen LogP contribution in [0.15, 0.2) is 0 Å². The van der Waals surface area contributed by atoms with E-state index >= 15 is 0 Å². The van der Waals surface area contributed by atoms with Gasteiger partial charge in [-0.3, -0.25) is 0 Å². The molecule has 1 saturated carbocycles. The summed E-state index contributed by atoms with van der Waals surface area (Å²) in [5.74, 6) is 0.227. The van der Waals surface area contributed by atoms with Crippen molar-refractivity contribution in [3.05, 3.63) is 0 Å². The Bertz CT molecular complexity index is 442. The van der Waals surface area contributed by atoms with Gasteiger partial charge in [-0.25, -0.2) is 21.6 Å². The second kappa shape index (κ2) is 5.64. The summed E-state index contributed by atoms with van der Waals surface area (Å²) in [6, 6.07) is 0. The molecule has 6 nitrogen and oxygen atoms in total. The second-order valence-corrected chi connectivity index (χ2v) is 8.95. The number of aliphatic hydroxyl groups is 1. The molecule has 2 N–H and O–H groups in total. The van der Waals surface area contributed by atoms with E-state index in [-0.39, 0.29) is 25.0 Å². The van der Waals surface area contributed by atoms with Crippen LogP contribution in [-0.4, -0.2) is 46.4 Å². The minimum absolute atomic E-state index is 0.0540. The van der Waals surface area contributed by atoms with Gasteiger partial charge in [-0.05, 0) is 24.7 Å². The fraction of sp³-hybridized carbons (Fsp3) is 1.00. The zero-order chi connectivity index (χ0) is 13.1. The van der Waals surface area contributed by atoms with Crippen LogP contribution >= 0.6 is 0 Å². The number of sulfone groups is 1.